The number of oxime groups is 1. The third-order valence-electron chi connectivity index (χ3n) is 2.50. The lowest BCUT2D eigenvalue weighted by Gasteiger charge is -2.05. The number of hydrogen-bond acceptors (Lipinski definition) is 5. The number of aryl methyl sites for hydroxylation is 1. The summed E-state index contributed by atoms with van der Waals surface area (Å²) in [4.78, 5) is 8.37. The van der Waals surface area contributed by atoms with Crippen molar-refractivity contribution in [3.63, 3.8) is 0 Å². The molecule has 0 spiro atoms. The van der Waals surface area contributed by atoms with Gasteiger partial charge in [-0.25, -0.2) is 14.4 Å². The Balaban J connectivity index is 2.15. The Labute approximate surface area is 119 Å². The zero-order valence-corrected chi connectivity index (χ0v) is 11.6. The number of rotatable bonds is 4. The zero-order chi connectivity index (χ0) is 14.5. The largest absolute Gasteiger partial charge is 0.409 e. The molecule has 2 rings (SSSR count). The Morgan fingerprint density at radius 2 is 2.25 bits per heavy atom. The van der Waals surface area contributed by atoms with Crippen molar-refractivity contribution in [3.8, 4) is 0 Å². The summed E-state index contributed by atoms with van der Waals surface area (Å²) in [5.41, 5.74) is 7.39. The van der Waals surface area contributed by atoms with Gasteiger partial charge in [-0.2, -0.15) is 0 Å². The van der Waals surface area contributed by atoms with Gasteiger partial charge in [0.1, 0.15) is 5.82 Å². The molecule has 7 heteroatoms. The highest BCUT2D eigenvalue weighted by Gasteiger charge is 2.06. The van der Waals surface area contributed by atoms with Gasteiger partial charge in [-0.3, -0.25) is 0 Å². The fourth-order valence-corrected chi connectivity index (χ4v) is 2.39. The van der Waals surface area contributed by atoms with Crippen LogP contribution in [0.25, 0.3) is 0 Å². The maximum Gasteiger partial charge on any atom is 0.188 e. The molecule has 0 aliphatic carbocycles. The SMILES string of the molecule is Cc1ccnc(SCc2cc(F)cc(/C(N)=N/O)c2)n1. The summed E-state index contributed by atoms with van der Waals surface area (Å²) < 4.78 is 13.5. The number of hydrogen-bond donors (Lipinski definition) is 2. The summed E-state index contributed by atoms with van der Waals surface area (Å²) in [6.45, 7) is 1.88. The monoisotopic (exact) mass is 292 g/mol. The zero-order valence-electron chi connectivity index (χ0n) is 10.7. The highest BCUT2D eigenvalue weighted by atomic mass is 32.2. The number of benzene rings is 1. The average molecular weight is 292 g/mol. The highest BCUT2D eigenvalue weighted by Crippen LogP contribution is 2.20. The van der Waals surface area contributed by atoms with E-state index < -0.39 is 5.82 Å². The molecule has 0 saturated carbocycles. The second kappa shape index (κ2) is 6.33. The van der Waals surface area contributed by atoms with Gasteiger partial charge in [0, 0.05) is 23.2 Å². The van der Waals surface area contributed by atoms with Crippen LogP contribution in [0.4, 0.5) is 4.39 Å². The minimum Gasteiger partial charge on any atom is -0.409 e. The van der Waals surface area contributed by atoms with E-state index >= 15 is 0 Å². The highest BCUT2D eigenvalue weighted by molar-refractivity contribution is 7.98. The Morgan fingerprint density at radius 1 is 1.45 bits per heavy atom. The fourth-order valence-electron chi connectivity index (χ4n) is 1.58. The molecule has 0 atom stereocenters. The molecule has 20 heavy (non-hydrogen) atoms. The molecule has 2 aromatic rings. The maximum atomic E-state index is 13.5. The third-order valence-corrected chi connectivity index (χ3v) is 3.43. The second-order valence-corrected chi connectivity index (χ2v) is 5.05. The number of amidine groups is 1. The third kappa shape index (κ3) is 3.67. The Morgan fingerprint density at radius 3 is 2.95 bits per heavy atom. The molecule has 0 aliphatic heterocycles. The first-order valence-corrected chi connectivity index (χ1v) is 6.77. The Kier molecular flexibility index (Phi) is 4.52. The Bertz CT molecular complexity index is 648. The van der Waals surface area contributed by atoms with E-state index in [4.69, 9.17) is 10.9 Å². The second-order valence-electron chi connectivity index (χ2n) is 4.10. The summed E-state index contributed by atoms with van der Waals surface area (Å²) in [5.74, 6) is -0.0650. The molecule has 0 amide bonds. The van der Waals surface area contributed by atoms with Gasteiger partial charge in [-0.05, 0) is 36.8 Å². The van der Waals surface area contributed by atoms with Crippen LogP contribution in [0.2, 0.25) is 0 Å². The number of halogens is 1. The lowest BCUT2D eigenvalue weighted by Crippen LogP contribution is -2.13. The smallest absolute Gasteiger partial charge is 0.188 e. The van der Waals surface area contributed by atoms with E-state index in [2.05, 4.69) is 15.1 Å². The van der Waals surface area contributed by atoms with Crippen molar-refractivity contribution in [2.24, 2.45) is 10.9 Å². The van der Waals surface area contributed by atoms with Crippen LogP contribution >= 0.6 is 11.8 Å². The molecule has 0 unspecified atom stereocenters. The van der Waals surface area contributed by atoms with Crippen LogP contribution in [0.1, 0.15) is 16.8 Å². The molecule has 1 heterocycles. The van der Waals surface area contributed by atoms with Gasteiger partial charge in [-0.1, -0.05) is 16.9 Å². The van der Waals surface area contributed by atoms with Crippen molar-refractivity contribution < 1.29 is 9.60 Å². The van der Waals surface area contributed by atoms with E-state index in [0.29, 0.717) is 22.0 Å². The predicted octanol–water partition coefficient (Wildman–Crippen LogP) is 2.31. The van der Waals surface area contributed by atoms with Gasteiger partial charge in [0.05, 0.1) is 0 Å². The molecule has 0 fully saturated rings. The molecule has 1 aromatic heterocycles. The van der Waals surface area contributed by atoms with Crippen LogP contribution in [0.3, 0.4) is 0 Å². The molecule has 0 radical (unpaired) electrons. The van der Waals surface area contributed by atoms with E-state index in [9.17, 15) is 4.39 Å². The van der Waals surface area contributed by atoms with Crippen LogP contribution in [-0.4, -0.2) is 21.0 Å². The van der Waals surface area contributed by atoms with Crippen molar-refractivity contribution in [2.45, 2.75) is 17.8 Å². The molecule has 104 valence electrons. The number of aromatic nitrogens is 2. The molecule has 0 saturated heterocycles. The molecular weight excluding hydrogens is 279 g/mol. The standard InChI is InChI=1S/C13H13FN4OS/c1-8-2-3-16-13(17-8)20-7-9-4-10(12(15)18-19)6-11(14)5-9/h2-6,19H,7H2,1H3,(H2,15,18). The first kappa shape index (κ1) is 14.3. The minimum atomic E-state index is -0.435. The van der Waals surface area contributed by atoms with Crippen molar-refractivity contribution >= 4 is 17.6 Å². The van der Waals surface area contributed by atoms with Gasteiger partial charge in [0.2, 0.25) is 0 Å². The summed E-state index contributed by atoms with van der Waals surface area (Å²) in [5, 5.41) is 12.1. The van der Waals surface area contributed by atoms with Gasteiger partial charge in [-0.15, -0.1) is 0 Å². The molecule has 0 bridgehead atoms. The van der Waals surface area contributed by atoms with Crippen molar-refractivity contribution in [2.75, 3.05) is 0 Å². The van der Waals surface area contributed by atoms with Gasteiger partial charge < -0.3 is 10.9 Å². The van der Waals surface area contributed by atoms with E-state index in [1.807, 2.05) is 13.0 Å². The lowest BCUT2D eigenvalue weighted by atomic mass is 10.1. The fraction of sp³-hybridized carbons (Fsp3) is 0.154. The van der Waals surface area contributed by atoms with Crippen LogP contribution in [0, 0.1) is 12.7 Å². The maximum absolute atomic E-state index is 13.5. The van der Waals surface area contributed by atoms with Gasteiger partial charge in [0.25, 0.3) is 0 Å². The van der Waals surface area contributed by atoms with Crippen molar-refractivity contribution in [1.29, 1.82) is 0 Å². The number of nitrogens with zero attached hydrogens (tertiary/aromatic N) is 3. The summed E-state index contributed by atoms with van der Waals surface area (Å²) in [6.07, 6.45) is 1.68. The van der Waals surface area contributed by atoms with Crippen LogP contribution in [0.15, 0.2) is 40.8 Å². The van der Waals surface area contributed by atoms with Crippen LogP contribution in [-0.2, 0) is 5.75 Å². The van der Waals surface area contributed by atoms with E-state index in [0.717, 1.165) is 5.69 Å². The number of thioether (sulfide) groups is 1. The molecule has 5 nitrogen and oxygen atoms in total. The topological polar surface area (TPSA) is 84.4 Å². The van der Waals surface area contributed by atoms with Gasteiger partial charge in [0.15, 0.2) is 11.0 Å². The molecular formula is C13H13FN4OS. The predicted molar refractivity (Wildman–Crippen MR) is 75.2 cm³/mol. The first-order valence-electron chi connectivity index (χ1n) is 5.78. The lowest BCUT2D eigenvalue weighted by molar-refractivity contribution is 0.318. The quantitative estimate of drug-likeness (QED) is 0.226. The minimum absolute atomic E-state index is 0.123. The summed E-state index contributed by atoms with van der Waals surface area (Å²) >= 11 is 1.39. The van der Waals surface area contributed by atoms with Gasteiger partial charge >= 0.3 is 0 Å². The normalized spacial score (nSPS) is 11.6. The van der Waals surface area contributed by atoms with Crippen molar-refractivity contribution in [3.05, 3.63) is 53.1 Å². The first-order chi connectivity index (χ1) is 9.58. The van der Waals surface area contributed by atoms with E-state index in [-0.39, 0.29) is 5.84 Å². The summed E-state index contributed by atoms with van der Waals surface area (Å²) in [6, 6.07) is 6.09. The summed E-state index contributed by atoms with van der Waals surface area (Å²) in [7, 11) is 0. The van der Waals surface area contributed by atoms with E-state index in [1.165, 1.54) is 23.9 Å². The Hall–Kier alpha value is -2.15. The van der Waals surface area contributed by atoms with E-state index in [1.54, 1.807) is 12.3 Å². The molecule has 0 aliphatic rings. The molecule has 1 aromatic carbocycles. The molecule has 3 N–H and O–H groups in total. The van der Waals surface area contributed by atoms with Crippen LogP contribution < -0.4 is 5.73 Å². The average Bonchev–Trinajstić information content (AvgIpc) is 2.44. The van der Waals surface area contributed by atoms with Crippen molar-refractivity contribution in [1.82, 2.24) is 9.97 Å². The van der Waals surface area contributed by atoms with Crippen LogP contribution in [0.5, 0.6) is 0 Å². The number of nitrogens with two attached hydrogens (primary N) is 1.